The lowest BCUT2D eigenvalue weighted by Gasteiger charge is -2.13. The third-order valence-corrected chi connectivity index (χ3v) is 2.93. The number of aliphatic hydroxyl groups excluding tert-OH is 2. The van der Waals surface area contributed by atoms with E-state index in [0.717, 1.165) is 6.07 Å². The van der Waals surface area contributed by atoms with Crippen molar-refractivity contribution in [1.82, 2.24) is 0 Å². The van der Waals surface area contributed by atoms with Crippen molar-refractivity contribution in [1.29, 1.82) is 0 Å². The molecule has 7 nitrogen and oxygen atoms in total. The third kappa shape index (κ3) is 4.29. The van der Waals surface area contributed by atoms with Crippen LogP contribution >= 0.6 is 7.60 Å². The Morgan fingerprint density at radius 3 is 2.22 bits per heavy atom. The van der Waals surface area contributed by atoms with Crippen molar-refractivity contribution in [3.63, 3.8) is 0 Å². The van der Waals surface area contributed by atoms with Gasteiger partial charge in [0.05, 0.1) is 13.2 Å². The molecule has 0 saturated heterocycles. The van der Waals surface area contributed by atoms with Crippen LogP contribution in [0.25, 0.3) is 0 Å². The molecule has 0 amide bonds. The lowest BCUT2D eigenvalue weighted by Crippen LogP contribution is -2.13. The summed E-state index contributed by atoms with van der Waals surface area (Å²) in [5, 5.41) is 16.9. The quantitative estimate of drug-likeness (QED) is 0.484. The van der Waals surface area contributed by atoms with Gasteiger partial charge in [0.2, 0.25) is 0 Å². The normalized spacial score (nSPS) is 11.3. The second kappa shape index (κ2) is 6.72. The summed E-state index contributed by atoms with van der Waals surface area (Å²) in [5.41, 5.74) is 0. The number of ether oxygens (including phenoxy) is 2. The highest BCUT2D eigenvalue weighted by Gasteiger charge is 2.23. The first-order valence-electron chi connectivity index (χ1n) is 5.16. The van der Waals surface area contributed by atoms with E-state index < -0.39 is 7.60 Å². The minimum Gasteiger partial charge on any atom is -0.491 e. The van der Waals surface area contributed by atoms with E-state index in [2.05, 4.69) is 0 Å². The molecule has 0 saturated carbocycles. The van der Waals surface area contributed by atoms with E-state index in [4.69, 9.17) is 19.7 Å². The zero-order chi connectivity index (χ0) is 13.6. The Bertz CT molecular complexity index is 428. The molecule has 0 aliphatic carbocycles. The van der Waals surface area contributed by atoms with E-state index in [0.29, 0.717) is 0 Å². The second-order valence-electron chi connectivity index (χ2n) is 3.32. The van der Waals surface area contributed by atoms with Crippen LogP contribution in [-0.2, 0) is 4.57 Å². The molecule has 1 aromatic carbocycles. The zero-order valence-corrected chi connectivity index (χ0v) is 10.4. The summed E-state index contributed by atoms with van der Waals surface area (Å²) in [4.78, 5) is 18.4. The molecule has 0 fully saturated rings. The largest absolute Gasteiger partial charge is 0.491 e. The Morgan fingerprint density at radius 2 is 1.67 bits per heavy atom. The minimum atomic E-state index is -4.50. The van der Waals surface area contributed by atoms with Crippen LogP contribution in [0.4, 0.5) is 0 Å². The molecule has 0 bridgehead atoms. The molecule has 18 heavy (non-hydrogen) atoms. The van der Waals surface area contributed by atoms with Crippen molar-refractivity contribution in [3.05, 3.63) is 18.2 Å². The number of aliphatic hydroxyl groups is 2. The predicted octanol–water partition coefficient (Wildman–Crippen LogP) is -0.768. The van der Waals surface area contributed by atoms with Gasteiger partial charge in [-0.2, -0.15) is 0 Å². The first-order valence-corrected chi connectivity index (χ1v) is 6.77. The highest BCUT2D eigenvalue weighted by atomic mass is 31.2. The van der Waals surface area contributed by atoms with Gasteiger partial charge in [0.25, 0.3) is 0 Å². The van der Waals surface area contributed by atoms with Gasteiger partial charge >= 0.3 is 7.60 Å². The predicted molar refractivity (Wildman–Crippen MR) is 63.3 cm³/mol. The SMILES string of the molecule is O=P(O)(O)c1cc(OCCO)ccc1OCCO. The summed E-state index contributed by atoms with van der Waals surface area (Å²) in [6, 6.07) is 3.96. The third-order valence-electron chi connectivity index (χ3n) is 1.95. The summed E-state index contributed by atoms with van der Waals surface area (Å²) in [6.07, 6.45) is 0. The van der Waals surface area contributed by atoms with Gasteiger partial charge in [-0.1, -0.05) is 0 Å². The summed E-state index contributed by atoms with van der Waals surface area (Å²) in [7, 11) is -4.50. The molecule has 0 unspecified atom stereocenters. The topological polar surface area (TPSA) is 116 Å². The maximum Gasteiger partial charge on any atom is 0.360 e. The first kappa shape index (κ1) is 14.9. The average Bonchev–Trinajstić information content (AvgIpc) is 2.33. The molecular weight excluding hydrogens is 263 g/mol. The van der Waals surface area contributed by atoms with Crippen LogP contribution in [-0.4, -0.2) is 46.4 Å². The van der Waals surface area contributed by atoms with Crippen LogP contribution in [0.15, 0.2) is 18.2 Å². The first-order chi connectivity index (χ1) is 8.49. The van der Waals surface area contributed by atoms with Crippen LogP contribution < -0.4 is 14.8 Å². The average molecular weight is 278 g/mol. The molecule has 1 aromatic rings. The van der Waals surface area contributed by atoms with Crippen molar-refractivity contribution in [3.8, 4) is 11.5 Å². The Balaban J connectivity index is 3.01. The van der Waals surface area contributed by atoms with Gasteiger partial charge in [0.15, 0.2) is 0 Å². The number of hydrogen-bond donors (Lipinski definition) is 4. The van der Waals surface area contributed by atoms with Crippen LogP contribution in [0.5, 0.6) is 11.5 Å². The second-order valence-corrected chi connectivity index (χ2v) is 4.89. The molecule has 0 heterocycles. The Kier molecular flexibility index (Phi) is 5.58. The van der Waals surface area contributed by atoms with E-state index >= 15 is 0 Å². The summed E-state index contributed by atoms with van der Waals surface area (Å²) in [5.74, 6) is 0.215. The fourth-order valence-electron chi connectivity index (χ4n) is 1.26. The molecule has 0 radical (unpaired) electrons. The highest BCUT2D eigenvalue weighted by Crippen LogP contribution is 2.38. The van der Waals surface area contributed by atoms with Gasteiger partial charge < -0.3 is 29.5 Å². The lowest BCUT2D eigenvalue weighted by molar-refractivity contribution is 0.198. The number of hydrogen-bond acceptors (Lipinski definition) is 5. The van der Waals surface area contributed by atoms with Crippen molar-refractivity contribution in [2.75, 3.05) is 26.4 Å². The van der Waals surface area contributed by atoms with Gasteiger partial charge in [0, 0.05) is 0 Å². The molecule has 0 aliphatic heterocycles. The molecule has 8 heteroatoms. The van der Waals surface area contributed by atoms with Crippen molar-refractivity contribution in [2.45, 2.75) is 0 Å². The van der Waals surface area contributed by atoms with Gasteiger partial charge in [-0.3, -0.25) is 4.57 Å². The molecule has 0 spiro atoms. The smallest absolute Gasteiger partial charge is 0.360 e. The molecule has 4 N–H and O–H groups in total. The van der Waals surface area contributed by atoms with Gasteiger partial charge in [-0.25, -0.2) is 0 Å². The Hall–Kier alpha value is -1.11. The summed E-state index contributed by atoms with van der Waals surface area (Å²) in [6.45, 7) is -0.501. The van der Waals surface area contributed by atoms with Gasteiger partial charge in [-0.05, 0) is 18.2 Å². The maximum atomic E-state index is 11.3. The minimum absolute atomic E-state index is 0.00580. The highest BCUT2D eigenvalue weighted by molar-refractivity contribution is 7.60. The zero-order valence-electron chi connectivity index (χ0n) is 9.52. The fourth-order valence-corrected chi connectivity index (χ4v) is 1.98. The van der Waals surface area contributed by atoms with Crippen LogP contribution in [0.2, 0.25) is 0 Å². The van der Waals surface area contributed by atoms with Gasteiger partial charge in [0.1, 0.15) is 30.0 Å². The van der Waals surface area contributed by atoms with Crippen LogP contribution in [0.1, 0.15) is 0 Å². The molecule has 0 atom stereocenters. The number of rotatable bonds is 7. The van der Waals surface area contributed by atoms with Crippen LogP contribution in [0, 0.1) is 0 Å². The fraction of sp³-hybridized carbons (Fsp3) is 0.400. The summed E-state index contributed by atoms with van der Waals surface area (Å²) < 4.78 is 21.4. The Labute approximate surface area is 104 Å². The Morgan fingerprint density at radius 1 is 1.06 bits per heavy atom. The van der Waals surface area contributed by atoms with Crippen molar-refractivity contribution < 1.29 is 34.0 Å². The van der Waals surface area contributed by atoms with E-state index in [1.807, 2.05) is 0 Å². The van der Waals surface area contributed by atoms with Crippen molar-refractivity contribution >= 4 is 12.9 Å². The molecule has 0 aromatic heterocycles. The molecule has 1 rings (SSSR count). The molecular formula is C10H15O7P. The number of benzene rings is 1. The summed E-state index contributed by atoms with van der Waals surface area (Å²) >= 11 is 0. The van der Waals surface area contributed by atoms with E-state index in [9.17, 15) is 14.4 Å². The van der Waals surface area contributed by atoms with Crippen molar-refractivity contribution in [2.24, 2.45) is 0 Å². The monoisotopic (exact) mass is 278 g/mol. The van der Waals surface area contributed by atoms with E-state index in [1.54, 1.807) is 0 Å². The molecule has 0 aliphatic rings. The van der Waals surface area contributed by atoms with Crippen LogP contribution in [0.3, 0.4) is 0 Å². The van der Waals surface area contributed by atoms with E-state index in [1.165, 1.54) is 12.1 Å². The lowest BCUT2D eigenvalue weighted by atomic mass is 10.3. The van der Waals surface area contributed by atoms with E-state index in [-0.39, 0.29) is 43.2 Å². The standard InChI is InChI=1S/C10H15O7P/c11-3-5-16-8-1-2-9(17-6-4-12)10(7-8)18(13,14)15/h1-2,7,11-12H,3-6H2,(H2,13,14,15). The van der Waals surface area contributed by atoms with Gasteiger partial charge in [-0.15, -0.1) is 0 Å². The maximum absolute atomic E-state index is 11.3. The molecule has 102 valence electrons.